The van der Waals surface area contributed by atoms with Crippen LogP contribution in [0.15, 0.2) is 18.2 Å². The average molecular weight is 272 g/mol. The van der Waals surface area contributed by atoms with Crippen LogP contribution in [0.2, 0.25) is 0 Å². The predicted octanol–water partition coefficient (Wildman–Crippen LogP) is 2.49. The van der Waals surface area contributed by atoms with E-state index in [0.29, 0.717) is 18.7 Å². The number of aromatic hydroxyl groups is 1. The Balaban J connectivity index is 2.83. The second kappa shape index (κ2) is 6.50. The number of hydrogen-bond donors (Lipinski definition) is 1. The molecular formula is C13H18ClNO3. The van der Waals surface area contributed by atoms with E-state index in [1.165, 1.54) is 12.0 Å². The van der Waals surface area contributed by atoms with Crippen molar-refractivity contribution in [2.24, 2.45) is 0 Å². The Hall–Kier alpha value is -1.42. The maximum atomic E-state index is 12.1. The number of rotatable bonds is 5. The summed E-state index contributed by atoms with van der Waals surface area (Å²) in [6.45, 7) is 2.42. The molecule has 100 valence electrons. The Morgan fingerprint density at radius 3 is 2.78 bits per heavy atom. The van der Waals surface area contributed by atoms with Gasteiger partial charge in [0.05, 0.1) is 12.7 Å². The molecule has 0 saturated heterocycles. The van der Waals surface area contributed by atoms with Crippen LogP contribution in [0.25, 0.3) is 0 Å². The van der Waals surface area contributed by atoms with E-state index in [1.807, 2.05) is 6.92 Å². The Kier molecular flexibility index (Phi) is 5.28. The van der Waals surface area contributed by atoms with Gasteiger partial charge in [0.2, 0.25) is 0 Å². The highest BCUT2D eigenvalue weighted by Crippen LogP contribution is 2.30. The molecule has 18 heavy (non-hydrogen) atoms. The minimum absolute atomic E-state index is 0.0131. The highest BCUT2D eigenvalue weighted by atomic mass is 35.5. The monoisotopic (exact) mass is 271 g/mol. The number of alkyl halides is 1. The molecule has 1 N–H and O–H groups in total. The minimum atomic E-state index is -0.247. The lowest BCUT2D eigenvalue weighted by atomic mass is 10.1. The standard InChI is InChI=1S/C13H18ClNO3/c1-9(14)7-8-15(2)13(17)10-5-4-6-11(18-3)12(10)16/h4-6,9,16H,7-8H2,1-3H3. The third-order valence-electron chi connectivity index (χ3n) is 2.66. The molecule has 1 rings (SSSR count). The molecule has 0 aliphatic rings. The third kappa shape index (κ3) is 3.53. The first kappa shape index (κ1) is 14.6. The summed E-state index contributed by atoms with van der Waals surface area (Å²) in [5, 5.41) is 9.90. The molecule has 0 fully saturated rings. The molecule has 0 spiro atoms. The van der Waals surface area contributed by atoms with Crippen molar-refractivity contribution in [2.45, 2.75) is 18.7 Å². The van der Waals surface area contributed by atoms with Crippen molar-refractivity contribution in [3.05, 3.63) is 23.8 Å². The number of halogens is 1. The molecule has 1 atom stereocenters. The second-order valence-electron chi connectivity index (χ2n) is 4.15. The maximum Gasteiger partial charge on any atom is 0.257 e. The van der Waals surface area contributed by atoms with Crippen LogP contribution in [-0.4, -0.2) is 42.0 Å². The summed E-state index contributed by atoms with van der Waals surface area (Å²) >= 11 is 5.84. The van der Waals surface area contributed by atoms with Gasteiger partial charge in [0.15, 0.2) is 11.5 Å². The van der Waals surface area contributed by atoms with Gasteiger partial charge in [0, 0.05) is 19.0 Å². The molecule has 1 aromatic rings. The summed E-state index contributed by atoms with van der Waals surface area (Å²) in [7, 11) is 3.13. The number of phenolic OH excluding ortho intramolecular Hbond substituents is 1. The Morgan fingerprint density at radius 1 is 1.56 bits per heavy atom. The summed E-state index contributed by atoms with van der Waals surface area (Å²) in [6, 6.07) is 4.84. The smallest absolute Gasteiger partial charge is 0.257 e. The zero-order chi connectivity index (χ0) is 13.7. The van der Waals surface area contributed by atoms with Crippen LogP contribution < -0.4 is 4.74 Å². The van der Waals surface area contributed by atoms with Crippen LogP contribution in [0, 0.1) is 0 Å². The molecule has 4 nitrogen and oxygen atoms in total. The van der Waals surface area contributed by atoms with Gasteiger partial charge in [-0.2, -0.15) is 0 Å². The Bertz CT molecular complexity index is 421. The summed E-state index contributed by atoms with van der Waals surface area (Å²) in [6.07, 6.45) is 0.703. The van der Waals surface area contributed by atoms with E-state index in [2.05, 4.69) is 0 Å². The van der Waals surface area contributed by atoms with E-state index in [0.717, 1.165) is 0 Å². The van der Waals surface area contributed by atoms with E-state index < -0.39 is 0 Å². The number of carbonyl (C=O) groups is 1. The van der Waals surface area contributed by atoms with Gasteiger partial charge in [0.25, 0.3) is 5.91 Å². The molecule has 0 aliphatic carbocycles. The fraction of sp³-hybridized carbons (Fsp3) is 0.462. The minimum Gasteiger partial charge on any atom is -0.504 e. The lowest BCUT2D eigenvalue weighted by Crippen LogP contribution is -2.28. The molecule has 0 radical (unpaired) electrons. The van der Waals surface area contributed by atoms with Crippen LogP contribution in [0.4, 0.5) is 0 Å². The topological polar surface area (TPSA) is 49.8 Å². The summed E-state index contributed by atoms with van der Waals surface area (Å²) < 4.78 is 4.97. The Morgan fingerprint density at radius 2 is 2.22 bits per heavy atom. The van der Waals surface area contributed by atoms with E-state index in [-0.39, 0.29) is 22.6 Å². The zero-order valence-corrected chi connectivity index (χ0v) is 11.6. The van der Waals surface area contributed by atoms with E-state index in [9.17, 15) is 9.90 Å². The van der Waals surface area contributed by atoms with Crippen LogP contribution >= 0.6 is 11.6 Å². The molecule has 0 saturated carbocycles. The Labute approximate surface area is 112 Å². The molecule has 0 heterocycles. The largest absolute Gasteiger partial charge is 0.504 e. The van der Waals surface area contributed by atoms with Crippen molar-refractivity contribution >= 4 is 17.5 Å². The summed E-state index contributed by atoms with van der Waals surface area (Å²) in [4.78, 5) is 13.6. The lowest BCUT2D eigenvalue weighted by Gasteiger charge is -2.19. The summed E-state index contributed by atoms with van der Waals surface area (Å²) in [5.41, 5.74) is 0.235. The maximum absolute atomic E-state index is 12.1. The number of benzene rings is 1. The number of hydrogen-bond acceptors (Lipinski definition) is 3. The molecule has 0 bridgehead atoms. The normalized spacial score (nSPS) is 12.0. The zero-order valence-electron chi connectivity index (χ0n) is 10.8. The van der Waals surface area contributed by atoms with Crippen LogP contribution in [0.5, 0.6) is 11.5 Å². The van der Waals surface area contributed by atoms with Crippen LogP contribution in [0.1, 0.15) is 23.7 Å². The number of amides is 1. The van der Waals surface area contributed by atoms with Crippen molar-refractivity contribution in [3.8, 4) is 11.5 Å². The van der Waals surface area contributed by atoms with Crippen molar-refractivity contribution < 1.29 is 14.6 Å². The third-order valence-corrected chi connectivity index (χ3v) is 2.88. The second-order valence-corrected chi connectivity index (χ2v) is 4.90. The number of phenols is 1. The molecule has 1 aromatic carbocycles. The fourth-order valence-electron chi connectivity index (χ4n) is 1.54. The SMILES string of the molecule is COc1cccc(C(=O)N(C)CCC(C)Cl)c1O. The van der Waals surface area contributed by atoms with E-state index in [4.69, 9.17) is 16.3 Å². The van der Waals surface area contributed by atoms with Gasteiger partial charge in [-0.15, -0.1) is 11.6 Å². The molecule has 0 aromatic heterocycles. The van der Waals surface area contributed by atoms with Crippen LogP contribution in [-0.2, 0) is 0 Å². The molecule has 0 aliphatic heterocycles. The van der Waals surface area contributed by atoms with Gasteiger partial charge in [-0.3, -0.25) is 4.79 Å². The van der Waals surface area contributed by atoms with Gasteiger partial charge in [-0.1, -0.05) is 6.07 Å². The van der Waals surface area contributed by atoms with Gasteiger partial charge in [-0.05, 0) is 25.5 Å². The molecule has 1 unspecified atom stereocenters. The molecular weight excluding hydrogens is 254 g/mol. The van der Waals surface area contributed by atoms with Gasteiger partial charge >= 0.3 is 0 Å². The highest BCUT2D eigenvalue weighted by molar-refractivity contribution is 6.20. The lowest BCUT2D eigenvalue weighted by molar-refractivity contribution is 0.0790. The number of carbonyl (C=O) groups excluding carboxylic acids is 1. The number of nitrogens with zero attached hydrogens (tertiary/aromatic N) is 1. The highest BCUT2D eigenvalue weighted by Gasteiger charge is 2.18. The van der Waals surface area contributed by atoms with Crippen molar-refractivity contribution in [1.82, 2.24) is 4.90 Å². The predicted molar refractivity (Wildman–Crippen MR) is 71.6 cm³/mol. The van der Waals surface area contributed by atoms with Crippen molar-refractivity contribution in [2.75, 3.05) is 20.7 Å². The number of ether oxygens (including phenoxy) is 1. The van der Waals surface area contributed by atoms with E-state index >= 15 is 0 Å². The van der Waals surface area contributed by atoms with Gasteiger partial charge < -0.3 is 14.7 Å². The average Bonchev–Trinajstić information content (AvgIpc) is 2.35. The quantitative estimate of drug-likeness (QED) is 0.837. The number of methoxy groups -OCH3 is 1. The number of para-hydroxylation sites is 1. The van der Waals surface area contributed by atoms with Crippen LogP contribution in [0.3, 0.4) is 0 Å². The molecule has 1 amide bonds. The first-order valence-electron chi connectivity index (χ1n) is 5.72. The first-order chi connectivity index (χ1) is 8.47. The first-order valence-corrected chi connectivity index (χ1v) is 6.16. The van der Waals surface area contributed by atoms with Crippen molar-refractivity contribution in [1.29, 1.82) is 0 Å². The van der Waals surface area contributed by atoms with Crippen molar-refractivity contribution in [3.63, 3.8) is 0 Å². The fourth-order valence-corrected chi connectivity index (χ4v) is 1.64. The summed E-state index contributed by atoms with van der Waals surface area (Å²) in [5.74, 6) is -0.0838. The molecule has 5 heteroatoms. The van der Waals surface area contributed by atoms with Gasteiger partial charge in [-0.25, -0.2) is 0 Å². The van der Waals surface area contributed by atoms with Gasteiger partial charge in [0.1, 0.15) is 0 Å². The van der Waals surface area contributed by atoms with E-state index in [1.54, 1.807) is 25.2 Å².